The monoisotopic (exact) mass is 280 g/mol. The molecule has 1 aliphatic heterocycles. The summed E-state index contributed by atoms with van der Waals surface area (Å²) >= 11 is 0. The molecule has 1 N–H and O–H groups in total. The van der Waals surface area contributed by atoms with Crippen LogP contribution in [0.1, 0.15) is 38.0 Å². The van der Waals surface area contributed by atoms with Crippen molar-refractivity contribution < 1.29 is 9.15 Å². The van der Waals surface area contributed by atoms with Crippen LogP contribution in [-0.2, 0) is 17.8 Å². The number of nitrogens with zero attached hydrogens (tertiary/aromatic N) is 1. The zero-order valence-corrected chi connectivity index (χ0v) is 13.0. The van der Waals surface area contributed by atoms with E-state index in [9.17, 15) is 0 Å². The average molecular weight is 280 g/mol. The Hall–Kier alpha value is -0.840. The van der Waals surface area contributed by atoms with Gasteiger partial charge in [-0.15, -0.1) is 0 Å². The van der Waals surface area contributed by atoms with Gasteiger partial charge in [-0.2, -0.15) is 0 Å². The molecule has 0 radical (unpaired) electrons. The highest BCUT2D eigenvalue weighted by molar-refractivity contribution is 5.12. The molecule has 1 aromatic rings. The third-order valence-corrected chi connectivity index (χ3v) is 4.12. The molecular formula is C16H28N2O2. The van der Waals surface area contributed by atoms with E-state index in [1.807, 2.05) is 13.4 Å². The molecule has 0 aliphatic carbocycles. The summed E-state index contributed by atoms with van der Waals surface area (Å²) < 4.78 is 11.2. The first kappa shape index (κ1) is 15.5. The molecule has 1 aliphatic rings. The van der Waals surface area contributed by atoms with Gasteiger partial charge in [0.2, 0.25) is 0 Å². The van der Waals surface area contributed by atoms with Crippen LogP contribution < -0.4 is 5.32 Å². The van der Waals surface area contributed by atoms with E-state index in [0.29, 0.717) is 12.0 Å². The van der Waals surface area contributed by atoms with Crippen molar-refractivity contribution in [2.24, 2.45) is 5.92 Å². The minimum Gasteiger partial charge on any atom is -0.468 e. The molecule has 0 amide bonds. The summed E-state index contributed by atoms with van der Waals surface area (Å²) in [6.45, 7) is 9.43. The second-order valence-corrected chi connectivity index (χ2v) is 5.87. The van der Waals surface area contributed by atoms with Crippen molar-refractivity contribution in [3.05, 3.63) is 23.7 Å². The molecule has 0 spiro atoms. The highest BCUT2D eigenvalue weighted by Gasteiger charge is 2.26. The van der Waals surface area contributed by atoms with Crippen LogP contribution in [0.5, 0.6) is 0 Å². The Labute approximate surface area is 122 Å². The molecule has 4 heteroatoms. The van der Waals surface area contributed by atoms with Gasteiger partial charge in [0.15, 0.2) is 0 Å². The predicted octanol–water partition coefficient (Wildman–Crippen LogP) is 2.64. The normalized spacial score (nSPS) is 24.1. The lowest BCUT2D eigenvalue weighted by Gasteiger charge is -2.35. The molecule has 2 atom stereocenters. The van der Waals surface area contributed by atoms with Crippen LogP contribution in [0.3, 0.4) is 0 Å². The van der Waals surface area contributed by atoms with E-state index < -0.39 is 0 Å². The number of nitrogens with one attached hydrogen (secondary N) is 1. The molecule has 2 unspecified atom stereocenters. The topological polar surface area (TPSA) is 37.6 Å². The van der Waals surface area contributed by atoms with E-state index in [-0.39, 0.29) is 0 Å². The summed E-state index contributed by atoms with van der Waals surface area (Å²) in [5.41, 5.74) is 1.24. The Bertz CT molecular complexity index is 392. The van der Waals surface area contributed by atoms with Crippen LogP contribution in [0.25, 0.3) is 0 Å². The second kappa shape index (κ2) is 7.81. The first-order chi connectivity index (χ1) is 9.72. The number of methoxy groups -OCH3 is 1. The van der Waals surface area contributed by atoms with Gasteiger partial charge >= 0.3 is 0 Å². The largest absolute Gasteiger partial charge is 0.468 e. The van der Waals surface area contributed by atoms with Crippen molar-refractivity contribution in [2.45, 2.75) is 45.9 Å². The van der Waals surface area contributed by atoms with E-state index in [1.165, 1.54) is 12.0 Å². The summed E-state index contributed by atoms with van der Waals surface area (Å²) in [5.74, 6) is 1.71. The van der Waals surface area contributed by atoms with Gasteiger partial charge in [-0.1, -0.05) is 13.8 Å². The molecule has 1 fully saturated rings. The summed E-state index contributed by atoms with van der Waals surface area (Å²) in [7, 11) is 1.81. The Kier molecular flexibility index (Phi) is 6.07. The first-order valence-corrected chi connectivity index (χ1v) is 7.75. The summed E-state index contributed by atoms with van der Waals surface area (Å²) in [6.07, 6.45) is 4.59. The molecule has 0 saturated carbocycles. The molecule has 2 rings (SSSR count). The fourth-order valence-corrected chi connectivity index (χ4v) is 2.78. The maximum Gasteiger partial charge on any atom is 0.118 e. The van der Waals surface area contributed by atoms with Gasteiger partial charge in [0, 0.05) is 25.8 Å². The number of hydrogen-bond acceptors (Lipinski definition) is 4. The van der Waals surface area contributed by atoms with Crippen LogP contribution in [0, 0.1) is 5.92 Å². The van der Waals surface area contributed by atoms with E-state index in [4.69, 9.17) is 9.15 Å². The maximum atomic E-state index is 5.67. The quantitative estimate of drug-likeness (QED) is 0.779. The Morgan fingerprint density at radius 3 is 3.10 bits per heavy atom. The van der Waals surface area contributed by atoms with Crippen molar-refractivity contribution >= 4 is 0 Å². The SMILES string of the molecule is CCCNCc1coc(CN2CCC(C)C(OC)C2)c1. The molecule has 20 heavy (non-hydrogen) atoms. The highest BCUT2D eigenvalue weighted by Crippen LogP contribution is 2.21. The number of hydrogen-bond donors (Lipinski definition) is 1. The fraction of sp³-hybridized carbons (Fsp3) is 0.750. The van der Waals surface area contributed by atoms with Crippen molar-refractivity contribution in [1.82, 2.24) is 10.2 Å². The average Bonchev–Trinajstić information content (AvgIpc) is 2.89. The lowest BCUT2D eigenvalue weighted by atomic mass is 9.96. The van der Waals surface area contributed by atoms with Gasteiger partial charge in [0.1, 0.15) is 5.76 Å². The molecule has 0 aromatic carbocycles. The van der Waals surface area contributed by atoms with Crippen LogP contribution in [-0.4, -0.2) is 37.7 Å². The lowest BCUT2D eigenvalue weighted by Crippen LogP contribution is -2.43. The molecule has 1 saturated heterocycles. The van der Waals surface area contributed by atoms with Crippen molar-refractivity contribution in [3.63, 3.8) is 0 Å². The van der Waals surface area contributed by atoms with Gasteiger partial charge in [0.25, 0.3) is 0 Å². The Morgan fingerprint density at radius 1 is 1.50 bits per heavy atom. The van der Waals surface area contributed by atoms with E-state index >= 15 is 0 Å². The third kappa shape index (κ3) is 4.33. The number of rotatable bonds is 7. The molecule has 114 valence electrons. The first-order valence-electron chi connectivity index (χ1n) is 7.75. The standard InChI is InChI=1S/C16H28N2O2/c1-4-6-17-9-14-8-15(20-12-14)10-18-7-5-13(2)16(11-18)19-3/h8,12-13,16-17H,4-7,9-11H2,1-3H3. The van der Waals surface area contributed by atoms with Gasteiger partial charge in [-0.05, 0) is 37.9 Å². The van der Waals surface area contributed by atoms with Crippen molar-refractivity contribution in [1.29, 1.82) is 0 Å². The highest BCUT2D eigenvalue weighted by atomic mass is 16.5. The second-order valence-electron chi connectivity index (χ2n) is 5.87. The molecule has 1 aromatic heterocycles. The maximum absolute atomic E-state index is 5.67. The molecular weight excluding hydrogens is 252 g/mol. The van der Waals surface area contributed by atoms with Crippen LogP contribution >= 0.6 is 0 Å². The van der Waals surface area contributed by atoms with Crippen LogP contribution in [0.15, 0.2) is 16.7 Å². The zero-order chi connectivity index (χ0) is 14.4. The third-order valence-electron chi connectivity index (χ3n) is 4.12. The van der Waals surface area contributed by atoms with Gasteiger partial charge in [-0.3, -0.25) is 4.90 Å². The number of ether oxygens (including phenoxy) is 1. The molecule has 0 bridgehead atoms. The van der Waals surface area contributed by atoms with Gasteiger partial charge < -0.3 is 14.5 Å². The predicted molar refractivity (Wildman–Crippen MR) is 80.6 cm³/mol. The van der Waals surface area contributed by atoms with Gasteiger partial charge in [0.05, 0.1) is 18.9 Å². The Morgan fingerprint density at radius 2 is 2.35 bits per heavy atom. The fourth-order valence-electron chi connectivity index (χ4n) is 2.78. The minimum atomic E-state index is 0.351. The van der Waals surface area contributed by atoms with Gasteiger partial charge in [-0.25, -0.2) is 0 Å². The zero-order valence-electron chi connectivity index (χ0n) is 13.0. The van der Waals surface area contributed by atoms with Crippen molar-refractivity contribution in [3.8, 4) is 0 Å². The smallest absolute Gasteiger partial charge is 0.118 e. The van der Waals surface area contributed by atoms with Crippen LogP contribution in [0.4, 0.5) is 0 Å². The van der Waals surface area contributed by atoms with Crippen LogP contribution in [0.2, 0.25) is 0 Å². The summed E-state index contributed by atoms with van der Waals surface area (Å²) in [6, 6.07) is 2.17. The minimum absolute atomic E-state index is 0.351. The van der Waals surface area contributed by atoms with E-state index in [2.05, 4.69) is 30.1 Å². The van der Waals surface area contributed by atoms with Crippen molar-refractivity contribution in [2.75, 3.05) is 26.7 Å². The number of furan rings is 1. The summed E-state index contributed by atoms with van der Waals surface area (Å²) in [4.78, 5) is 2.43. The molecule has 2 heterocycles. The number of piperidine rings is 1. The summed E-state index contributed by atoms with van der Waals surface area (Å²) in [5, 5.41) is 3.40. The Balaban J connectivity index is 1.81. The number of likely N-dealkylation sites (tertiary alicyclic amines) is 1. The molecule has 4 nitrogen and oxygen atoms in total. The van der Waals surface area contributed by atoms with E-state index in [1.54, 1.807) is 0 Å². The van der Waals surface area contributed by atoms with E-state index in [0.717, 1.165) is 44.9 Å². The lowest BCUT2D eigenvalue weighted by molar-refractivity contribution is -0.00916.